The number of allylic oxidation sites excluding steroid dienone is 1. The number of hydrogen-bond donors (Lipinski definition) is 2. The molecular weight excluding hydrogens is 321 g/mol. The summed E-state index contributed by atoms with van der Waals surface area (Å²) < 4.78 is 36.8. The van der Waals surface area contributed by atoms with Gasteiger partial charge in [-0.15, -0.1) is 11.3 Å². The van der Waals surface area contributed by atoms with Crippen LogP contribution in [0.5, 0.6) is 0 Å². The van der Waals surface area contributed by atoms with Gasteiger partial charge in [0.2, 0.25) is 5.13 Å². The molecule has 1 aromatic carbocycles. The predicted molar refractivity (Wildman–Crippen MR) is 76.2 cm³/mol. The van der Waals surface area contributed by atoms with Crippen molar-refractivity contribution >= 4 is 22.2 Å². The van der Waals surface area contributed by atoms with E-state index in [0.29, 0.717) is 11.3 Å². The lowest BCUT2D eigenvalue weighted by Gasteiger charge is -2.12. The molecule has 10 heteroatoms. The van der Waals surface area contributed by atoms with Gasteiger partial charge in [-0.05, 0) is 12.1 Å². The molecule has 0 aliphatic rings. The number of aromatic nitrogens is 1. The first-order valence-corrected chi connectivity index (χ1v) is 6.64. The van der Waals surface area contributed by atoms with Gasteiger partial charge in [-0.1, -0.05) is 6.58 Å². The summed E-state index contributed by atoms with van der Waals surface area (Å²) in [4.78, 5) is 14.1. The Labute approximate surface area is 126 Å². The number of thiazole rings is 1. The lowest BCUT2D eigenvalue weighted by molar-refractivity contribution is -0.384. The number of anilines is 1. The second kappa shape index (κ2) is 6.02. The van der Waals surface area contributed by atoms with E-state index in [0.717, 1.165) is 11.3 Å². The van der Waals surface area contributed by atoms with Gasteiger partial charge < -0.3 is 0 Å². The van der Waals surface area contributed by atoms with Crippen molar-refractivity contribution in [3.05, 3.63) is 52.0 Å². The summed E-state index contributed by atoms with van der Waals surface area (Å²) in [5, 5.41) is 12.4. The maximum absolute atomic E-state index is 12.3. The molecule has 0 aliphatic carbocycles. The number of halogens is 3. The SMILES string of the molecule is C=C(NNc1nc(-c2ccc([N+](=O)[O-])cc2)cs1)C(F)(F)F. The average Bonchev–Trinajstić information content (AvgIpc) is 2.92. The number of nitro groups is 1. The van der Waals surface area contributed by atoms with E-state index in [-0.39, 0.29) is 10.8 Å². The minimum atomic E-state index is -4.55. The van der Waals surface area contributed by atoms with Crippen molar-refractivity contribution in [2.75, 3.05) is 5.43 Å². The van der Waals surface area contributed by atoms with Gasteiger partial charge in [0, 0.05) is 23.1 Å². The van der Waals surface area contributed by atoms with Crippen molar-refractivity contribution in [3.8, 4) is 11.3 Å². The molecule has 22 heavy (non-hydrogen) atoms. The van der Waals surface area contributed by atoms with Crippen molar-refractivity contribution in [1.82, 2.24) is 10.4 Å². The molecule has 1 heterocycles. The molecule has 2 aromatic rings. The Hall–Kier alpha value is -2.62. The molecule has 6 nitrogen and oxygen atoms in total. The van der Waals surface area contributed by atoms with Crippen LogP contribution < -0.4 is 10.9 Å². The third kappa shape index (κ3) is 3.73. The van der Waals surface area contributed by atoms with Gasteiger partial charge in [-0.3, -0.25) is 21.0 Å². The van der Waals surface area contributed by atoms with Gasteiger partial charge in [0.15, 0.2) is 0 Å². The number of nitrogens with one attached hydrogen (secondary N) is 2. The zero-order chi connectivity index (χ0) is 16.3. The summed E-state index contributed by atoms with van der Waals surface area (Å²) in [6.07, 6.45) is -4.55. The molecule has 0 aliphatic heterocycles. The van der Waals surface area contributed by atoms with Crippen LogP contribution in [0.3, 0.4) is 0 Å². The quantitative estimate of drug-likeness (QED) is 0.645. The molecule has 0 unspecified atom stereocenters. The van der Waals surface area contributed by atoms with Crippen LogP contribution >= 0.6 is 11.3 Å². The monoisotopic (exact) mass is 330 g/mol. The van der Waals surface area contributed by atoms with Gasteiger partial charge in [0.1, 0.15) is 5.70 Å². The lowest BCUT2D eigenvalue weighted by Crippen LogP contribution is -2.29. The summed E-state index contributed by atoms with van der Waals surface area (Å²) in [6.45, 7) is 2.85. The number of nitro benzene ring substituents is 1. The van der Waals surface area contributed by atoms with Crippen LogP contribution in [0.15, 0.2) is 41.9 Å². The van der Waals surface area contributed by atoms with Crippen LogP contribution in [0.1, 0.15) is 0 Å². The van der Waals surface area contributed by atoms with E-state index in [2.05, 4.69) is 17.0 Å². The topological polar surface area (TPSA) is 80.1 Å². The minimum Gasteiger partial charge on any atom is -0.295 e. The van der Waals surface area contributed by atoms with Gasteiger partial charge in [-0.2, -0.15) is 13.2 Å². The van der Waals surface area contributed by atoms with Gasteiger partial charge >= 0.3 is 6.18 Å². The Bertz CT molecular complexity index is 697. The molecule has 116 valence electrons. The van der Waals surface area contributed by atoms with E-state index in [4.69, 9.17) is 0 Å². The van der Waals surface area contributed by atoms with E-state index in [1.54, 1.807) is 5.38 Å². The fraction of sp³-hybridized carbons (Fsp3) is 0.0833. The first-order chi connectivity index (χ1) is 10.3. The maximum Gasteiger partial charge on any atom is 0.432 e. The predicted octanol–water partition coefficient (Wildman–Crippen LogP) is 3.71. The van der Waals surface area contributed by atoms with E-state index >= 15 is 0 Å². The third-order valence-corrected chi connectivity index (χ3v) is 3.30. The molecule has 0 fully saturated rings. The summed E-state index contributed by atoms with van der Waals surface area (Å²) in [5.41, 5.74) is 4.13. The summed E-state index contributed by atoms with van der Waals surface area (Å²) >= 11 is 1.08. The zero-order valence-corrected chi connectivity index (χ0v) is 11.7. The Kier molecular flexibility index (Phi) is 4.31. The Balaban J connectivity index is 2.05. The molecule has 0 spiro atoms. The van der Waals surface area contributed by atoms with Crippen molar-refractivity contribution in [1.29, 1.82) is 0 Å². The number of alkyl halides is 3. The normalized spacial score (nSPS) is 11.0. The summed E-state index contributed by atoms with van der Waals surface area (Å²) in [6, 6.07) is 5.68. The number of benzene rings is 1. The van der Waals surface area contributed by atoms with E-state index in [1.165, 1.54) is 24.3 Å². The fourth-order valence-electron chi connectivity index (χ4n) is 1.42. The van der Waals surface area contributed by atoms with Gasteiger partial charge in [-0.25, -0.2) is 4.98 Å². The van der Waals surface area contributed by atoms with Crippen molar-refractivity contribution in [3.63, 3.8) is 0 Å². The van der Waals surface area contributed by atoms with Crippen molar-refractivity contribution in [2.45, 2.75) is 6.18 Å². The molecule has 0 saturated carbocycles. The highest BCUT2D eigenvalue weighted by molar-refractivity contribution is 7.14. The Morgan fingerprint density at radius 3 is 2.50 bits per heavy atom. The van der Waals surface area contributed by atoms with Crippen LogP contribution in [-0.4, -0.2) is 16.1 Å². The Morgan fingerprint density at radius 2 is 1.95 bits per heavy atom. The van der Waals surface area contributed by atoms with E-state index < -0.39 is 16.8 Å². The van der Waals surface area contributed by atoms with Crippen LogP contribution in [0.4, 0.5) is 24.0 Å². The molecule has 0 amide bonds. The smallest absolute Gasteiger partial charge is 0.295 e. The number of non-ortho nitro benzene ring substituents is 1. The van der Waals surface area contributed by atoms with Crippen molar-refractivity contribution < 1.29 is 18.1 Å². The first kappa shape index (κ1) is 15.8. The molecule has 2 N–H and O–H groups in total. The van der Waals surface area contributed by atoms with Crippen LogP contribution in [0, 0.1) is 10.1 Å². The number of rotatable bonds is 5. The minimum absolute atomic E-state index is 0.0551. The molecule has 0 bridgehead atoms. The highest BCUT2D eigenvalue weighted by atomic mass is 32.1. The second-order valence-corrected chi connectivity index (χ2v) is 4.93. The van der Waals surface area contributed by atoms with E-state index in [9.17, 15) is 23.3 Å². The first-order valence-electron chi connectivity index (χ1n) is 5.76. The largest absolute Gasteiger partial charge is 0.432 e. The third-order valence-electron chi connectivity index (χ3n) is 2.54. The van der Waals surface area contributed by atoms with Crippen molar-refractivity contribution in [2.24, 2.45) is 0 Å². The molecule has 1 aromatic heterocycles. The molecule has 2 rings (SSSR count). The molecular formula is C12H9F3N4O2S. The zero-order valence-electron chi connectivity index (χ0n) is 10.8. The van der Waals surface area contributed by atoms with Crippen LogP contribution in [0.2, 0.25) is 0 Å². The van der Waals surface area contributed by atoms with Crippen LogP contribution in [-0.2, 0) is 0 Å². The van der Waals surface area contributed by atoms with E-state index in [1.807, 2.05) is 5.43 Å². The highest BCUT2D eigenvalue weighted by Crippen LogP contribution is 2.27. The Morgan fingerprint density at radius 1 is 1.32 bits per heavy atom. The molecule has 0 atom stereocenters. The number of hydrazine groups is 1. The van der Waals surface area contributed by atoms with Gasteiger partial charge in [0.05, 0.1) is 10.6 Å². The second-order valence-electron chi connectivity index (χ2n) is 4.07. The lowest BCUT2D eigenvalue weighted by atomic mass is 10.1. The number of hydrogen-bond acceptors (Lipinski definition) is 6. The van der Waals surface area contributed by atoms with Gasteiger partial charge in [0.25, 0.3) is 5.69 Å². The maximum atomic E-state index is 12.3. The standard InChI is InChI=1S/C12H9F3N4O2S/c1-7(12(13,14)15)17-18-11-16-10(6-22-11)8-2-4-9(5-3-8)19(20)21/h2-6,17H,1H2,(H,16,18). The number of nitrogens with zero attached hydrogens (tertiary/aromatic N) is 2. The van der Waals surface area contributed by atoms with Crippen LogP contribution in [0.25, 0.3) is 11.3 Å². The summed E-state index contributed by atoms with van der Waals surface area (Å²) in [5.74, 6) is 0. The molecule has 0 radical (unpaired) electrons. The fourth-order valence-corrected chi connectivity index (χ4v) is 2.09. The summed E-state index contributed by atoms with van der Waals surface area (Å²) in [7, 11) is 0. The molecule has 0 saturated heterocycles. The highest BCUT2D eigenvalue weighted by Gasteiger charge is 2.32. The average molecular weight is 330 g/mol.